The minimum Gasteiger partial charge on any atom is -0.380 e. The van der Waals surface area contributed by atoms with Crippen molar-refractivity contribution in [1.82, 2.24) is 4.90 Å². The van der Waals surface area contributed by atoms with E-state index in [-0.39, 0.29) is 17.9 Å². The van der Waals surface area contributed by atoms with E-state index >= 15 is 0 Å². The zero-order valence-corrected chi connectivity index (χ0v) is 11.4. The predicted molar refractivity (Wildman–Crippen MR) is 73.8 cm³/mol. The van der Waals surface area contributed by atoms with Crippen molar-refractivity contribution in [3.05, 3.63) is 35.9 Å². The second-order valence-electron chi connectivity index (χ2n) is 5.91. The third-order valence-electron chi connectivity index (χ3n) is 4.87. The molecule has 19 heavy (non-hydrogen) atoms. The molecule has 0 unspecified atom stereocenters. The molecular weight excluding hydrogens is 238 g/mol. The number of piperidine rings is 1. The number of likely N-dealkylation sites (N-methyl/N-ethyl adjacent to an activating group) is 1. The molecule has 1 aliphatic heterocycles. The van der Waals surface area contributed by atoms with Crippen LogP contribution in [0.5, 0.6) is 0 Å². The molecule has 1 heterocycles. The Hall–Kier alpha value is -1.19. The fraction of sp³-hybridized carbons (Fsp3) is 0.562. The number of Topliss-reactive ketones (excluding diaryl/α,β-unsaturated/α-hetero) is 1. The molecule has 3 nitrogen and oxygen atoms in total. The van der Waals surface area contributed by atoms with Gasteiger partial charge in [-0.1, -0.05) is 36.8 Å². The number of nitrogens with zero attached hydrogens (tertiary/aromatic N) is 1. The van der Waals surface area contributed by atoms with Crippen molar-refractivity contribution in [3.8, 4) is 0 Å². The van der Waals surface area contributed by atoms with Crippen LogP contribution in [0.3, 0.4) is 0 Å². The number of carbonyl (C=O) groups is 1. The molecule has 1 N–H and O–H groups in total. The maximum atomic E-state index is 12.4. The highest BCUT2D eigenvalue weighted by atomic mass is 16.3. The summed E-state index contributed by atoms with van der Waals surface area (Å²) in [6, 6.07) is 10.2. The second-order valence-corrected chi connectivity index (χ2v) is 5.91. The first-order valence-corrected chi connectivity index (χ1v) is 7.15. The van der Waals surface area contributed by atoms with Gasteiger partial charge in [0.1, 0.15) is 5.60 Å². The second kappa shape index (κ2) is 4.73. The van der Waals surface area contributed by atoms with E-state index in [4.69, 9.17) is 0 Å². The molecule has 0 bridgehead atoms. The third kappa shape index (κ3) is 2.01. The van der Waals surface area contributed by atoms with E-state index < -0.39 is 5.60 Å². The molecule has 0 amide bonds. The summed E-state index contributed by atoms with van der Waals surface area (Å²) in [6.07, 6.45) is 4.03. The monoisotopic (exact) mass is 259 g/mol. The van der Waals surface area contributed by atoms with Crippen molar-refractivity contribution in [3.63, 3.8) is 0 Å². The summed E-state index contributed by atoms with van der Waals surface area (Å²) in [5.74, 6) is 0.0316. The summed E-state index contributed by atoms with van der Waals surface area (Å²) in [5, 5.41) is 10.7. The quantitative estimate of drug-likeness (QED) is 0.841. The molecule has 1 saturated carbocycles. The Morgan fingerprint density at radius 3 is 2.74 bits per heavy atom. The van der Waals surface area contributed by atoms with Gasteiger partial charge >= 0.3 is 0 Å². The molecule has 0 aromatic heterocycles. The van der Waals surface area contributed by atoms with E-state index in [1.807, 2.05) is 25.2 Å². The van der Waals surface area contributed by atoms with Crippen molar-refractivity contribution in [2.24, 2.45) is 0 Å². The number of ketones is 1. The number of hydrogen-bond acceptors (Lipinski definition) is 3. The summed E-state index contributed by atoms with van der Waals surface area (Å²) in [4.78, 5) is 14.6. The Morgan fingerprint density at radius 1 is 1.26 bits per heavy atom. The normalized spacial score (nSPS) is 36.0. The van der Waals surface area contributed by atoms with Crippen LogP contribution in [0.4, 0.5) is 0 Å². The first-order chi connectivity index (χ1) is 9.13. The standard InChI is InChI=1S/C16H21NO2/c1-17-13(12-7-3-2-4-8-12)11-15(18)16(19)10-6-5-9-14(16)17/h2-4,7-8,13-14,19H,5-6,9-11H2,1H3/t13-,14-,16+/m0/s1. The van der Waals surface area contributed by atoms with Crippen molar-refractivity contribution in [2.75, 3.05) is 7.05 Å². The molecule has 1 aliphatic carbocycles. The van der Waals surface area contributed by atoms with Gasteiger partial charge in [-0.15, -0.1) is 0 Å². The van der Waals surface area contributed by atoms with Gasteiger partial charge < -0.3 is 5.11 Å². The number of fused-ring (bicyclic) bond motifs is 1. The van der Waals surface area contributed by atoms with Crippen LogP contribution < -0.4 is 0 Å². The van der Waals surface area contributed by atoms with Crippen LogP contribution in [0.2, 0.25) is 0 Å². The van der Waals surface area contributed by atoms with Gasteiger partial charge in [0.25, 0.3) is 0 Å². The molecule has 102 valence electrons. The molecule has 3 rings (SSSR count). The fourth-order valence-corrected chi connectivity index (χ4v) is 3.75. The van der Waals surface area contributed by atoms with Crippen LogP contribution in [-0.4, -0.2) is 34.5 Å². The topological polar surface area (TPSA) is 40.5 Å². The fourth-order valence-electron chi connectivity index (χ4n) is 3.75. The van der Waals surface area contributed by atoms with Gasteiger partial charge in [-0.25, -0.2) is 0 Å². The highest BCUT2D eigenvalue weighted by Crippen LogP contribution is 2.42. The maximum Gasteiger partial charge on any atom is 0.167 e. The maximum absolute atomic E-state index is 12.4. The first kappa shape index (κ1) is 12.8. The number of carbonyl (C=O) groups excluding carboxylic acids is 1. The van der Waals surface area contributed by atoms with Crippen LogP contribution in [0.15, 0.2) is 30.3 Å². The van der Waals surface area contributed by atoms with Gasteiger partial charge in [0, 0.05) is 18.5 Å². The lowest BCUT2D eigenvalue weighted by Crippen LogP contribution is -2.62. The zero-order valence-electron chi connectivity index (χ0n) is 11.4. The Labute approximate surface area is 114 Å². The highest BCUT2D eigenvalue weighted by molar-refractivity contribution is 5.89. The molecular formula is C16H21NO2. The van der Waals surface area contributed by atoms with Crippen molar-refractivity contribution >= 4 is 5.78 Å². The van der Waals surface area contributed by atoms with Gasteiger partial charge in [0.15, 0.2) is 5.78 Å². The largest absolute Gasteiger partial charge is 0.380 e. The Balaban J connectivity index is 1.93. The van der Waals surface area contributed by atoms with Gasteiger partial charge in [0.2, 0.25) is 0 Å². The van der Waals surface area contributed by atoms with E-state index in [1.54, 1.807) is 0 Å². The Morgan fingerprint density at radius 2 is 2.00 bits per heavy atom. The summed E-state index contributed by atoms with van der Waals surface area (Å²) < 4.78 is 0. The molecule has 1 aromatic rings. The molecule has 0 radical (unpaired) electrons. The smallest absolute Gasteiger partial charge is 0.167 e. The van der Waals surface area contributed by atoms with Crippen LogP contribution in [-0.2, 0) is 4.79 Å². The predicted octanol–water partition coefficient (Wildman–Crippen LogP) is 2.31. The van der Waals surface area contributed by atoms with E-state index in [2.05, 4.69) is 17.0 Å². The number of likely N-dealkylation sites (tertiary alicyclic amines) is 1. The van der Waals surface area contributed by atoms with Crippen LogP contribution in [0.25, 0.3) is 0 Å². The Bertz CT molecular complexity index is 473. The minimum absolute atomic E-state index is 0.0206. The number of hydrogen-bond donors (Lipinski definition) is 1. The lowest BCUT2D eigenvalue weighted by atomic mass is 9.71. The van der Waals surface area contributed by atoms with E-state index in [1.165, 1.54) is 5.56 Å². The molecule has 2 fully saturated rings. The molecule has 1 saturated heterocycles. The van der Waals surface area contributed by atoms with E-state index in [0.717, 1.165) is 19.3 Å². The number of aliphatic hydroxyl groups is 1. The molecule has 3 atom stereocenters. The zero-order chi connectivity index (χ0) is 13.5. The SMILES string of the molecule is CN1[C@H]2CCCC[C@]2(O)C(=O)C[C@H]1c1ccccc1. The highest BCUT2D eigenvalue weighted by Gasteiger charge is 2.52. The first-order valence-electron chi connectivity index (χ1n) is 7.15. The lowest BCUT2D eigenvalue weighted by molar-refractivity contribution is -0.162. The summed E-state index contributed by atoms with van der Waals surface area (Å²) in [7, 11) is 2.05. The summed E-state index contributed by atoms with van der Waals surface area (Å²) in [5.41, 5.74) is 0.0733. The van der Waals surface area contributed by atoms with E-state index in [0.29, 0.717) is 12.8 Å². The molecule has 2 aliphatic rings. The van der Waals surface area contributed by atoms with E-state index in [9.17, 15) is 9.90 Å². The van der Waals surface area contributed by atoms with Crippen LogP contribution in [0.1, 0.15) is 43.7 Å². The molecule has 0 spiro atoms. The molecule has 1 aromatic carbocycles. The van der Waals surface area contributed by atoms with Gasteiger partial charge in [-0.3, -0.25) is 9.69 Å². The average molecular weight is 259 g/mol. The van der Waals surface area contributed by atoms with Crippen molar-refractivity contribution < 1.29 is 9.90 Å². The number of benzene rings is 1. The van der Waals surface area contributed by atoms with Gasteiger partial charge in [0.05, 0.1) is 0 Å². The molecule has 3 heteroatoms. The average Bonchev–Trinajstić information content (AvgIpc) is 2.44. The van der Waals surface area contributed by atoms with Gasteiger partial charge in [-0.05, 0) is 31.9 Å². The lowest BCUT2D eigenvalue weighted by Gasteiger charge is -2.50. The van der Waals surface area contributed by atoms with Gasteiger partial charge in [-0.2, -0.15) is 0 Å². The summed E-state index contributed by atoms with van der Waals surface area (Å²) in [6.45, 7) is 0. The Kier molecular flexibility index (Phi) is 3.19. The summed E-state index contributed by atoms with van der Waals surface area (Å²) >= 11 is 0. The van der Waals surface area contributed by atoms with Crippen molar-refractivity contribution in [1.29, 1.82) is 0 Å². The van der Waals surface area contributed by atoms with Crippen LogP contribution in [0, 0.1) is 0 Å². The van der Waals surface area contributed by atoms with Crippen LogP contribution >= 0.6 is 0 Å². The minimum atomic E-state index is -1.10. The van der Waals surface area contributed by atoms with Crippen molar-refractivity contribution in [2.45, 2.75) is 49.8 Å². The third-order valence-corrected chi connectivity index (χ3v) is 4.87. The number of rotatable bonds is 1.